The van der Waals surface area contributed by atoms with Gasteiger partial charge in [0, 0.05) is 22.5 Å². The molecule has 1 amide bonds. The second-order valence-corrected chi connectivity index (χ2v) is 9.36. The van der Waals surface area contributed by atoms with E-state index in [0.717, 1.165) is 15.9 Å². The molecule has 0 spiro atoms. The Bertz CT molecular complexity index is 887. The van der Waals surface area contributed by atoms with E-state index in [1.165, 1.54) is 0 Å². The average molecular weight is 416 g/mol. The van der Waals surface area contributed by atoms with Crippen molar-refractivity contribution in [3.05, 3.63) is 91.0 Å². The summed E-state index contributed by atoms with van der Waals surface area (Å²) in [6.45, 7) is -0.124. The number of hydrogen-bond acceptors (Lipinski definition) is 2. The third-order valence-electron chi connectivity index (χ3n) is 4.36. The number of benzene rings is 3. The van der Waals surface area contributed by atoms with Crippen molar-refractivity contribution in [1.82, 2.24) is 5.32 Å². The molecule has 0 aliphatic heterocycles. The summed E-state index contributed by atoms with van der Waals surface area (Å²) in [5, 5.41) is 4.91. The van der Waals surface area contributed by atoms with Crippen LogP contribution in [-0.2, 0) is 4.79 Å². The third-order valence-corrected chi connectivity index (χ3v) is 8.12. The second-order valence-electron chi connectivity index (χ2n) is 6.26. The number of rotatable bonds is 6. The Labute approximate surface area is 167 Å². The molecular formula is C22H20F3N2OP. The summed E-state index contributed by atoms with van der Waals surface area (Å²) in [5.74, 6) is -1.95. The number of carbonyl (C=O) groups is 1. The van der Waals surface area contributed by atoms with E-state index in [0.29, 0.717) is 0 Å². The third kappa shape index (κ3) is 4.77. The number of alkyl halides is 3. The summed E-state index contributed by atoms with van der Waals surface area (Å²) in [7, 11) is -2.46. The topological polar surface area (TPSA) is 41.5 Å². The molecule has 0 atom stereocenters. The van der Waals surface area contributed by atoms with Crippen LogP contribution in [0.3, 0.4) is 0 Å². The molecule has 0 saturated heterocycles. The first-order chi connectivity index (χ1) is 13.9. The predicted octanol–water partition coefficient (Wildman–Crippen LogP) is 3.84. The molecule has 7 heteroatoms. The zero-order valence-corrected chi connectivity index (χ0v) is 16.4. The molecule has 0 aliphatic rings. The van der Waals surface area contributed by atoms with Crippen molar-refractivity contribution in [2.75, 3.05) is 13.1 Å². The standard InChI is InChI=1S/C22H20F3N2OP/c23-22(24,25)21(28)26-16-17-27-29(18-10-4-1-5-11-18,19-12-6-2-7-13-19)20-14-8-3-9-15-20/h1-15H,16-17H2,(H,26,28). The predicted molar refractivity (Wildman–Crippen MR) is 112 cm³/mol. The van der Waals surface area contributed by atoms with Crippen LogP contribution in [0, 0.1) is 0 Å². The van der Waals surface area contributed by atoms with E-state index < -0.39 is 19.1 Å². The second kappa shape index (κ2) is 9.10. The van der Waals surface area contributed by atoms with Gasteiger partial charge in [0.1, 0.15) is 0 Å². The van der Waals surface area contributed by atoms with Crippen molar-refractivity contribution in [2.45, 2.75) is 6.18 Å². The first kappa shape index (κ1) is 20.9. The zero-order chi connectivity index (χ0) is 20.7. The number of nitrogens with one attached hydrogen (secondary N) is 1. The lowest BCUT2D eigenvalue weighted by Crippen LogP contribution is -2.38. The maximum atomic E-state index is 12.5. The maximum absolute atomic E-state index is 12.5. The normalized spacial score (nSPS) is 11.7. The van der Waals surface area contributed by atoms with Crippen molar-refractivity contribution < 1.29 is 18.0 Å². The molecule has 0 unspecified atom stereocenters. The monoisotopic (exact) mass is 416 g/mol. The lowest BCUT2D eigenvalue weighted by Gasteiger charge is -2.27. The maximum Gasteiger partial charge on any atom is 0.471 e. The molecule has 3 nitrogen and oxygen atoms in total. The Morgan fingerprint density at radius 3 is 1.48 bits per heavy atom. The van der Waals surface area contributed by atoms with Crippen molar-refractivity contribution >= 4 is 28.9 Å². The van der Waals surface area contributed by atoms with Gasteiger partial charge in [-0.1, -0.05) is 91.0 Å². The summed E-state index contributed by atoms with van der Waals surface area (Å²) in [4.78, 5) is 11.1. The summed E-state index contributed by atoms with van der Waals surface area (Å²) in [5.41, 5.74) is 0. The fourth-order valence-corrected chi connectivity index (χ4v) is 6.69. The fraction of sp³-hybridized carbons (Fsp3) is 0.136. The van der Waals surface area contributed by atoms with E-state index in [9.17, 15) is 18.0 Å². The Morgan fingerprint density at radius 2 is 1.14 bits per heavy atom. The van der Waals surface area contributed by atoms with E-state index in [2.05, 4.69) is 0 Å². The van der Waals surface area contributed by atoms with E-state index in [1.54, 1.807) is 0 Å². The zero-order valence-electron chi connectivity index (χ0n) is 15.5. The number of amides is 1. The quantitative estimate of drug-likeness (QED) is 0.482. The van der Waals surface area contributed by atoms with Gasteiger partial charge in [0.05, 0.1) is 13.6 Å². The smallest absolute Gasteiger partial charge is 0.346 e. The van der Waals surface area contributed by atoms with Gasteiger partial charge < -0.3 is 5.32 Å². The van der Waals surface area contributed by atoms with E-state index in [-0.39, 0.29) is 13.1 Å². The highest BCUT2D eigenvalue weighted by Gasteiger charge is 2.38. The summed E-state index contributed by atoms with van der Waals surface area (Å²) >= 11 is 0. The van der Waals surface area contributed by atoms with Crippen LogP contribution < -0.4 is 21.2 Å². The number of hydrogen-bond donors (Lipinski definition) is 1. The fourth-order valence-electron chi connectivity index (χ4n) is 3.09. The highest BCUT2D eigenvalue weighted by atomic mass is 31.2. The number of halogens is 3. The van der Waals surface area contributed by atoms with Crippen LogP contribution in [0.5, 0.6) is 0 Å². The van der Waals surface area contributed by atoms with Crippen LogP contribution >= 0.6 is 7.05 Å². The highest BCUT2D eigenvalue weighted by Crippen LogP contribution is 2.46. The summed E-state index contributed by atoms with van der Waals surface area (Å²) in [6, 6.07) is 29.3. The van der Waals surface area contributed by atoms with Gasteiger partial charge in [-0.05, 0) is 0 Å². The highest BCUT2D eigenvalue weighted by molar-refractivity contribution is 7.87. The van der Waals surface area contributed by atoms with Gasteiger partial charge in [-0.3, -0.25) is 9.54 Å². The molecule has 3 aromatic rings. The van der Waals surface area contributed by atoms with Crippen molar-refractivity contribution in [3.8, 4) is 0 Å². The lowest BCUT2D eigenvalue weighted by atomic mass is 10.4. The van der Waals surface area contributed by atoms with Gasteiger partial charge in [-0.25, -0.2) is 0 Å². The Morgan fingerprint density at radius 1 is 0.759 bits per heavy atom. The van der Waals surface area contributed by atoms with E-state index in [1.807, 2.05) is 96.3 Å². The summed E-state index contributed by atoms with van der Waals surface area (Å²) in [6.07, 6.45) is -4.90. The van der Waals surface area contributed by atoms with E-state index in [4.69, 9.17) is 4.74 Å². The molecule has 3 aromatic carbocycles. The Balaban J connectivity index is 2.09. The molecule has 0 aliphatic carbocycles. The minimum absolute atomic E-state index is 0.0638. The number of nitrogens with zero attached hydrogens (tertiary/aromatic N) is 1. The van der Waals surface area contributed by atoms with Crippen LogP contribution in [-0.4, -0.2) is 25.2 Å². The molecule has 0 heterocycles. The average Bonchev–Trinajstić information content (AvgIpc) is 2.75. The molecule has 1 N–H and O–H groups in total. The molecule has 3 rings (SSSR count). The minimum atomic E-state index is -4.90. The van der Waals surface area contributed by atoms with Crippen molar-refractivity contribution in [1.29, 1.82) is 0 Å². The van der Waals surface area contributed by atoms with Crippen LogP contribution in [0.2, 0.25) is 0 Å². The number of carbonyl (C=O) groups excluding carboxylic acids is 1. The first-order valence-electron chi connectivity index (χ1n) is 9.04. The minimum Gasteiger partial charge on any atom is -0.346 e. The van der Waals surface area contributed by atoms with Crippen LogP contribution in [0.25, 0.3) is 0 Å². The first-order valence-corrected chi connectivity index (χ1v) is 10.8. The summed E-state index contributed by atoms with van der Waals surface area (Å²) < 4.78 is 42.4. The van der Waals surface area contributed by atoms with Crippen molar-refractivity contribution in [3.63, 3.8) is 0 Å². The molecule has 29 heavy (non-hydrogen) atoms. The van der Waals surface area contributed by atoms with Crippen LogP contribution in [0.4, 0.5) is 13.2 Å². The SMILES string of the molecule is O=C(NCCN=P(c1ccccc1)(c1ccccc1)c1ccccc1)C(F)(F)F. The van der Waals surface area contributed by atoms with Crippen LogP contribution in [0.15, 0.2) is 95.7 Å². The van der Waals surface area contributed by atoms with Gasteiger partial charge >= 0.3 is 12.1 Å². The Hall–Kier alpha value is -2.85. The van der Waals surface area contributed by atoms with Gasteiger partial charge in [0.15, 0.2) is 0 Å². The van der Waals surface area contributed by atoms with Crippen molar-refractivity contribution in [2.24, 2.45) is 4.74 Å². The molecule has 0 radical (unpaired) electrons. The molecule has 150 valence electrons. The molecule has 0 fully saturated rings. The largest absolute Gasteiger partial charge is 0.471 e. The van der Waals surface area contributed by atoms with Crippen LogP contribution in [0.1, 0.15) is 0 Å². The van der Waals surface area contributed by atoms with Gasteiger partial charge in [-0.15, -0.1) is 0 Å². The molecular weight excluding hydrogens is 396 g/mol. The lowest BCUT2D eigenvalue weighted by molar-refractivity contribution is -0.173. The molecule has 0 saturated carbocycles. The molecule has 0 aromatic heterocycles. The Kier molecular flexibility index (Phi) is 6.55. The van der Waals surface area contributed by atoms with Gasteiger partial charge in [0.2, 0.25) is 0 Å². The van der Waals surface area contributed by atoms with Gasteiger partial charge in [0.25, 0.3) is 0 Å². The molecule has 0 bridgehead atoms. The van der Waals surface area contributed by atoms with E-state index >= 15 is 0 Å². The van der Waals surface area contributed by atoms with Gasteiger partial charge in [-0.2, -0.15) is 13.2 Å².